The Balaban J connectivity index is 1.70. The summed E-state index contributed by atoms with van der Waals surface area (Å²) in [5.74, 6) is -0.199. The molecule has 1 atom stereocenters. The predicted molar refractivity (Wildman–Crippen MR) is 95.4 cm³/mol. The maximum Gasteiger partial charge on any atom is 0.410 e. The highest BCUT2D eigenvalue weighted by atomic mass is 16.6. The molecule has 1 aromatic carbocycles. The Morgan fingerprint density at radius 3 is 2.64 bits per heavy atom. The maximum absolute atomic E-state index is 12.5. The monoisotopic (exact) mass is 344 g/mol. The number of likely N-dealkylation sites (tertiary alicyclic amines) is 1. The summed E-state index contributed by atoms with van der Waals surface area (Å²) in [6.45, 7) is 7.92. The average Bonchev–Trinajstić information content (AvgIpc) is 2.70. The molecule has 2 aromatic rings. The lowest BCUT2D eigenvalue weighted by Gasteiger charge is -2.40. The number of carbonyl (C=O) groups excluding carboxylic acids is 2. The number of aromatic nitrogens is 2. The summed E-state index contributed by atoms with van der Waals surface area (Å²) < 4.78 is 7.13. The van der Waals surface area contributed by atoms with Gasteiger partial charge in [0.05, 0.1) is 11.2 Å². The number of anilines is 1. The summed E-state index contributed by atoms with van der Waals surface area (Å²) >= 11 is 0. The van der Waals surface area contributed by atoms with Gasteiger partial charge in [0.1, 0.15) is 11.6 Å². The van der Waals surface area contributed by atoms with E-state index in [0.717, 1.165) is 16.6 Å². The Hall–Kier alpha value is -2.57. The van der Waals surface area contributed by atoms with Gasteiger partial charge in [-0.2, -0.15) is 5.10 Å². The summed E-state index contributed by atoms with van der Waals surface area (Å²) in [5.41, 5.74) is 2.02. The molecule has 0 bridgehead atoms. The molecule has 0 spiro atoms. The van der Waals surface area contributed by atoms with Crippen molar-refractivity contribution in [3.8, 4) is 0 Å². The van der Waals surface area contributed by atoms with Crippen LogP contribution in [0.3, 0.4) is 0 Å². The van der Waals surface area contributed by atoms with Gasteiger partial charge in [-0.1, -0.05) is 0 Å². The predicted octanol–water partition coefficient (Wildman–Crippen LogP) is 2.83. The zero-order valence-electron chi connectivity index (χ0n) is 15.3. The van der Waals surface area contributed by atoms with Gasteiger partial charge in [0.2, 0.25) is 5.91 Å². The summed E-state index contributed by atoms with van der Waals surface area (Å²) in [6.07, 6.45) is 0.189. The summed E-state index contributed by atoms with van der Waals surface area (Å²) in [6, 6.07) is 5.20. The lowest BCUT2D eigenvalue weighted by atomic mass is 10.0. The zero-order valence-corrected chi connectivity index (χ0v) is 15.3. The molecule has 7 nitrogen and oxygen atoms in total. The summed E-state index contributed by atoms with van der Waals surface area (Å²) in [4.78, 5) is 26.1. The van der Waals surface area contributed by atoms with Gasteiger partial charge in [0.15, 0.2) is 0 Å². The smallest absolute Gasteiger partial charge is 0.410 e. The minimum atomic E-state index is -0.573. The SMILES string of the molecule is Cc1nn(C)c2cc(NC(=O)[C@H]3CCN3C(=O)OC(C)(C)C)ccc12. The molecule has 1 saturated heterocycles. The number of nitrogens with one attached hydrogen (secondary N) is 1. The number of hydrogen-bond acceptors (Lipinski definition) is 4. The van der Waals surface area contributed by atoms with E-state index in [4.69, 9.17) is 4.74 Å². The molecule has 0 unspecified atom stereocenters. The maximum atomic E-state index is 12.5. The fourth-order valence-electron chi connectivity index (χ4n) is 2.94. The normalized spacial score (nSPS) is 17.3. The second-order valence-corrected chi connectivity index (χ2v) is 7.41. The van der Waals surface area contributed by atoms with Crippen LogP contribution in [-0.2, 0) is 16.6 Å². The molecule has 1 N–H and O–H groups in total. The van der Waals surface area contributed by atoms with E-state index >= 15 is 0 Å². The molecular formula is C18H24N4O3. The number of fused-ring (bicyclic) bond motifs is 1. The van der Waals surface area contributed by atoms with Gasteiger partial charge in [-0.25, -0.2) is 4.79 Å². The second-order valence-electron chi connectivity index (χ2n) is 7.41. The number of amides is 2. The van der Waals surface area contributed by atoms with Crippen LogP contribution in [0.25, 0.3) is 10.9 Å². The number of ether oxygens (including phenoxy) is 1. The molecule has 7 heteroatoms. The third-order valence-corrected chi connectivity index (χ3v) is 4.25. The minimum absolute atomic E-state index is 0.199. The molecular weight excluding hydrogens is 320 g/mol. The van der Waals surface area contributed by atoms with Crippen molar-refractivity contribution >= 4 is 28.6 Å². The quantitative estimate of drug-likeness (QED) is 0.909. The first-order valence-corrected chi connectivity index (χ1v) is 8.39. The van der Waals surface area contributed by atoms with Gasteiger partial charge in [0.25, 0.3) is 0 Å². The number of aryl methyl sites for hydroxylation is 2. The van der Waals surface area contributed by atoms with Crippen LogP contribution in [0.1, 0.15) is 32.9 Å². The first kappa shape index (κ1) is 17.3. The van der Waals surface area contributed by atoms with Crippen molar-refractivity contribution in [2.45, 2.75) is 45.8 Å². The van der Waals surface area contributed by atoms with Crippen LogP contribution >= 0.6 is 0 Å². The molecule has 3 rings (SSSR count). The minimum Gasteiger partial charge on any atom is -0.444 e. The Morgan fingerprint density at radius 1 is 1.32 bits per heavy atom. The molecule has 25 heavy (non-hydrogen) atoms. The van der Waals surface area contributed by atoms with Gasteiger partial charge in [0, 0.05) is 24.7 Å². The van der Waals surface area contributed by atoms with E-state index < -0.39 is 17.7 Å². The third-order valence-electron chi connectivity index (χ3n) is 4.25. The Bertz CT molecular complexity index is 835. The van der Waals surface area contributed by atoms with Crippen LogP contribution in [0.2, 0.25) is 0 Å². The molecule has 1 aliphatic rings. The molecule has 2 amide bonds. The molecule has 2 heterocycles. The molecule has 0 radical (unpaired) electrons. The van der Waals surface area contributed by atoms with Crippen molar-refractivity contribution in [3.05, 3.63) is 23.9 Å². The van der Waals surface area contributed by atoms with E-state index in [1.54, 1.807) is 4.68 Å². The Morgan fingerprint density at radius 2 is 2.04 bits per heavy atom. The van der Waals surface area contributed by atoms with Crippen molar-refractivity contribution in [1.82, 2.24) is 14.7 Å². The first-order chi connectivity index (χ1) is 11.7. The topological polar surface area (TPSA) is 76.5 Å². The van der Waals surface area contributed by atoms with Crippen molar-refractivity contribution in [2.24, 2.45) is 7.05 Å². The van der Waals surface area contributed by atoms with Crippen LogP contribution in [0, 0.1) is 6.92 Å². The van der Waals surface area contributed by atoms with Crippen LogP contribution in [0.5, 0.6) is 0 Å². The van der Waals surface area contributed by atoms with Crippen molar-refractivity contribution < 1.29 is 14.3 Å². The Kier molecular flexibility index (Phi) is 4.18. The van der Waals surface area contributed by atoms with Crippen molar-refractivity contribution in [1.29, 1.82) is 0 Å². The fraction of sp³-hybridized carbons (Fsp3) is 0.500. The zero-order chi connectivity index (χ0) is 18.4. The summed E-state index contributed by atoms with van der Waals surface area (Å²) in [5, 5.41) is 8.32. The van der Waals surface area contributed by atoms with Crippen LogP contribution in [-0.4, -0.2) is 44.9 Å². The van der Waals surface area contributed by atoms with E-state index in [1.165, 1.54) is 4.90 Å². The highest BCUT2D eigenvalue weighted by Crippen LogP contribution is 2.25. The average molecular weight is 344 g/mol. The lowest BCUT2D eigenvalue weighted by molar-refractivity contribution is -0.125. The van der Waals surface area contributed by atoms with E-state index in [2.05, 4.69) is 10.4 Å². The largest absolute Gasteiger partial charge is 0.444 e. The standard InChI is InChI=1S/C18H24N4O3/c1-11-13-7-6-12(10-15(13)21(5)20-11)19-16(23)14-8-9-22(14)17(24)25-18(2,3)4/h6-7,10,14H,8-9H2,1-5H3,(H,19,23)/t14-/m1/s1. The molecule has 134 valence electrons. The van der Waals surface area contributed by atoms with Gasteiger partial charge >= 0.3 is 6.09 Å². The van der Waals surface area contributed by atoms with E-state index in [9.17, 15) is 9.59 Å². The van der Waals surface area contributed by atoms with Gasteiger partial charge in [-0.3, -0.25) is 14.4 Å². The van der Waals surface area contributed by atoms with Crippen molar-refractivity contribution in [3.63, 3.8) is 0 Å². The number of carbonyl (C=O) groups is 2. The fourth-order valence-corrected chi connectivity index (χ4v) is 2.94. The van der Waals surface area contributed by atoms with E-state index in [-0.39, 0.29) is 5.91 Å². The van der Waals surface area contributed by atoms with Gasteiger partial charge < -0.3 is 10.1 Å². The molecule has 1 fully saturated rings. The number of rotatable bonds is 2. The highest BCUT2D eigenvalue weighted by Gasteiger charge is 2.39. The van der Waals surface area contributed by atoms with E-state index in [1.807, 2.05) is 52.9 Å². The number of benzene rings is 1. The molecule has 1 aliphatic heterocycles. The highest BCUT2D eigenvalue weighted by molar-refractivity contribution is 5.99. The van der Waals surface area contributed by atoms with Crippen molar-refractivity contribution in [2.75, 3.05) is 11.9 Å². The lowest BCUT2D eigenvalue weighted by Crippen LogP contribution is -2.57. The van der Waals surface area contributed by atoms with Crippen LogP contribution < -0.4 is 5.32 Å². The molecule has 1 aromatic heterocycles. The Labute approximate surface area is 146 Å². The van der Waals surface area contributed by atoms with Gasteiger partial charge in [-0.05, 0) is 52.3 Å². The van der Waals surface area contributed by atoms with E-state index in [0.29, 0.717) is 18.7 Å². The summed E-state index contributed by atoms with van der Waals surface area (Å²) in [7, 11) is 1.87. The first-order valence-electron chi connectivity index (χ1n) is 8.39. The molecule has 0 saturated carbocycles. The van der Waals surface area contributed by atoms with Crippen LogP contribution in [0.15, 0.2) is 18.2 Å². The van der Waals surface area contributed by atoms with Gasteiger partial charge in [-0.15, -0.1) is 0 Å². The number of hydrogen-bond donors (Lipinski definition) is 1. The number of nitrogens with zero attached hydrogens (tertiary/aromatic N) is 3. The van der Waals surface area contributed by atoms with Crippen LogP contribution in [0.4, 0.5) is 10.5 Å². The molecule has 0 aliphatic carbocycles. The second kappa shape index (κ2) is 6.06. The third kappa shape index (κ3) is 3.45.